The Morgan fingerprint density at radius 2 is 1.74 bits per heavy atom. The molecule has 1 aliphatic heterocycles. The Bertz CT molecular complexity index is 1600. The van der Waals surface area contributed by atoms with Gasteiger partial charge in [-0.1, -0.05) is 24.8 Å². The fraction of sp³-hybridized carbons (Fsp3) is 0.344. The van der Waals surface area contributed by atoms with Crippen LogP contribution in [0.3, 0.4) is 0 Å². The maximum atomic E-state index is 13.8. The molecule has 2 amide bonds. The van der Waals surface area contributed by atoms with Crippen molar-refractivity contribution in [1.82, 2.24) is 9.21 Å². The van der Waals surface area contributed by atoms with E-state index in [1.807, 2.05) is 31.2 Å². The maximum absolute atomic E-state index is 13.8. The Labute approximate surface area is 253 Å². The van der Waals surface area contributed by atoms with Crippen LogP contribution in [0.15, 0.2) is 71.6 Å². The van der Waals surface area contributed by atoms with Gasteiger partial charge in [-0.2, -0.15) is 4.31 Å². The van der Waals surface area contributed by atoms with Crippen LogP contribution in [0.1, 0.15) is 25.0 Å². The van der Waals surface area contributed by atoms with Gasteiger partial charge in [-0.15, -0.1) is 0 Å². The minimum atomic E-state index is -4.01. The van der Waals surface area contributed by atoms with Gasteiger partial charge in [0.25, 0.3) is 0 Å². The van der Waals surface area contributed by atoms with E-state index in [0.717, 1.165) is 5.56 Å². The number of ether oxygens (including phenoxy) is 3. The van der Waals surface area contributed by atoms with Gasteiger partial charge in [0.05, 0.1) is 27.4 Å². The van der Waals surface area contributed by atoms with E-state index >= 15 is 0 Å². The summed E-state index contributed by atoms with van der Waals surface area (Å²) in [5, 5.41) is 12.8. The first-order valence-corrected chi connectivity index (χ1v) is 15.3. The molecule has 4 rings (SSSR count). The van der Waals surface area contributed by atoms with Crippen molar-refractivity contribution in [2.24, 2.45) is 5.92 Å². The number of aliphatic hydroxyl groups excluding tert-OH is 1. The van der Waals surface area contributed by atoms with Crippen molar-refractivity contribution in [2.75, 3.05) is 46.3 Å². The van der Waals surface area contributed by atoms with E-state index < -0.39 is 22.2 Å². The summed E-state index contributed by atoms with van der Waals surface area (Å²) in [6, 6.07) is 18.0. The number of hydrogen-bond acceptors (Lipinski definition) is 7. The molecule has 0 radical (unpaired) electrons. The molecule has 11 heteroatoms. The van der Waals surface area contributed by atoms with Crippen LogP contribution in [0.4, 0.5) is 10.5 Å². The van der Waals surface area contributed by atoms with Gasteiger partial charge in [0.15, 0.2) is 0 Å². The molecule has 0 unspecified atom stereocenters. The van der Waals surface area contributed by atoms with Crippen LogP contribution in [0.2, 0.25) is 0 Å². The number of carbonyl (C=O) groups excluding carboxylic acids is 1. The number of likely N-dealkylation sites (N-methyl/N-ethyl adjacent to an activating group) is 1. The lowest BCUT2D eigenvalue weighted by atomic mass is 10.0. The zero-order valence-corrected chi connectivity index (χ0v) is 25.7. The third kappa shape index (κ3) is 7.59. The summed E-state index contributed by atoms with van der Waals surface area (Å²) >= 11 is 0. The van der Waals surface area contributed by atoms with Crippen LogP contribution in [0.25, 0.3) is 0 Å². The minimum absolute atomic E-state index is 0.0248. The van der Waals surface area contributed by atoms with Gasteiger partial charge >= 0.3 is 6.03 Å². The third-order valence-corrected chi connectivity index (χ3v) is 9.25. The number of urea groups is 1. The highest BCUT2D eigenvalue weighted by atomic mass is 32.2. The molecule has 0 spiro atoms. The van der Waals surface area contributed by atoms with Crippen molar-refractivity contribution in [1.29, 1.82) is 0 Å². The molecule has 3 atom stereocenters. The molecule has 2 N–H and O–H groups in total. The number of nitrogens with one attached hydrogen (secondary N) is 1. The summed E-state index contributed by atoms with van der Waals surface area (Å²) in [6.45, 7) is 3.44. The topological polar surface area (TPSA) is 118 Å². The average molecular weight is 608 g/mol. The highest BCUT2D eigenvalue weighted by Crippen LogP contribution is 2.34. The van der Waals surface area contributed by atoms with Crippen molar-refractivity contribution < 1.29 is 32.5 Å². The molecular weight excluding hydrogens is 570 g/mol. The van der Waals surface area contributed by atoms with Gasteiger partial charge in [-0.3, -0.25) is 0 Å². The fourth-order valence-corrected chi connectivity index (χ4v) is 6.44. The molecular formula is C32H37N3O7S. The largest absolute Gasteiger partial charge is 0.497 e. The van der Waals surface area contributed by atoms with Crippen LogP contribution in [0.5, 0.6) is 17.2 Å². The number of benzene rings is 3. The number of amides is 2. The number of rotatable bonds is 7. The molecule has 0 saturated carbocycles. The first kappa shape index (κ1) is 31.7. The van der Waals surface area contributed by atoms with Crippen molar-refractivity contribution in [3.05, 3.63) is 77.9 Å². The number of sulfonamides is 1. The lowest BCUT2D eigenvalue weighted by molar-refractivity contribution is 0.0830. The predicted octanol–water partition coefficient (Wildman–Crippen LogP) is 4.04. The maximum Gasteiger partial charge on any atom is 0.321 e. The second-order valence-electron chi connectivity index (χ2n) is 10.4. The molecule has 0 aromatic heterocycles. The van der Waals surface area contributed by atoms with Crippen LogP contribution in [-0.2, 0) is 10.0 Å². The van der Waals surface area contributed by atoms with Crippen molar-refractivity contribution in [3.8, 4) is 29.1 Å². The van der Waals surface area contributed by atoms with Gasteiger partial charge in [-0.25, -0.2) is 13.2 Å². The molecule has 43 heavy (non-hydrogen) atoms. The molecule has 1 aliphatic rings. The Kier molecular flexibility index (Phi) is 10.2. The highest BCUT2D eigenvalue weighted by molar-refractivity contribution is 7.89. The molecule has 0 fully saturated rings. The number of anilines is 1. The lowest BCUT2D eigenvalue weighted by Gasteiger charge is -2.37. The van der Waals surface area contributed by atoms with E-state index in [1.54, 1.807) is 64.6 Å². The summed E-state index contributed by atoms with van der Waals surface area (Å²) in [5.41, 5.74) is 1.89. The molecule has 1 heterocycles. The lowest BCUT2D eigenvalue weighted by Crippen LogP contribution is -2.50. The van der Waals surface area contributed by atoms with Gasteiger partial charge in [0.1, 0.15) is 28.2 Å². The number of fused-ring (bicyclic) bond motifs is 1. The van der Waals surface area contributed by atoms with E-state index in [9.17, 15) is 18.3 Å². The normalized spacial score (nSPS) is 18.4. The number of methoxy groups -OCH3 is 2. The first-order valence-electron chi connectivity index (χ1n) is 13.8. The first-order chi connectivity index (χ1) is 20.5. The van der Waals surface area contributed by atoms with Gasteiger partial charge in [-0.05, 0) is 61.5 Å². The van der Waals surface area contributed by atoms with Gasteiger partial charge in [0.2, 0.25) is 10.0 Å². The van der Waals surface area contributed by atoms with Crippen LogP contribution >= 0.6 is 0 Å². The third-order valence-electron chi connectivity index (χ3n) is 7.23. The molecule has 228 valence electrons. The van der Waals surface area contributed by atoms with Crippen LogP contribution in [0, 0.1) is 17.8 Å². The average Bonchev–Trinajstić information content (AvgIpc) is 3.01. The molecule has 3 aromatic carbocycles. The molecule has 0 saturated heterocycles. The molecule has 3 aromatic rings. The fourth-order valence-electron chi connectivity index (χ4n) is 4.61. The second-order valence-corrected chi connectivity index (χ2v) is 12.3. The Hall–Kier alpha value is -4.24. The molecule has 0 aliphatic carbocycles. The van der Waals surface area contributed by atoms with E-state index in [1.165, 1.54) is 15.3 Å². The Balaban J connectivity index is 1.65. The van der Waals surface area contributed by atoms with E-state index in [4.69, 9.17) is 14.2 Å². The van der Waals surface area contributed by atoms with E-state index in [-0.39, 0.29) is 42.3 Å². The number of nitrogens with zero attached hydrogens (tertiary/aromatic N) is 2. The number of hydrogen-bond donors (Lipinski definition) is 2. The summed E-state index contributed by atoms with van der Waals surface area (Å²) < 4.78 is 45.6. The van der Waals surface area contributed by atoms with Gasteiger partial charge in [0, 0.05) is 48.4 Å². The quantitative estimate of drug-likeness (QED) is 0.390. The molecule has 10 nitrogen and oxygen atoms in total. The monoisotopic (exact) mass is 607 g/mol. The summed E-state index contributed by atoms with van der Waals surface area (Å²) in [7, 11) is 0.776. The van der Waals surface area contributed by atoms with Crippen LogP contribution < -0.4 is 19.5 Å². The zero-order valence-electron chi connectivity index (χ0n) is 24.9. The van der Waals surface area contributed by atoms with Crippen LogP contribution in [-0.4, -0.2) is 81.9 Å². The second kappa shape index (κ2) is 13.8. The Morgan fingerprint density at radius 1 is 1.07 bits per heavy atom. The standard InChI is InChI=1S/C32H37N3O7S/c1-22-19-35(23(2)21-36)43(38,39)31-16-13-25(10-9-24-11-14-27(40-4)15-12-24)17-29(31)42-30(22)20-34(3)32(37)33-26-7-6-8-28(18-26)41-5/h6-8,11-18,22-23,30,36H,19-21H2,1-5H3,(H,33,37)/t22-,23-,30+/m1/s1. The predicted molar refractivity (Wildman–Crippen MR) is 164 cm³/mol. The summed E-state index contributed by atoms with van der Waals surface area (Å²) in [4.78, 5) is 14.5. The minimum Gasteiger partial charge on any atom is -0.497 e. The smallest absolute Gasteiger partial charge is 0.321 e. The van der Waals surface area contributed by atoms with E-state index in [0.29, 0.717) is 22.7 Å². The SMILES string of the molecule is COc1ccc(C#Cc2ccc3c(c2)O[C@@H](CN(C)C(=O)Nc2cccc(OC)c2)[C@H](C)CN([C@H](C)CO)S3(=O)=O)cc1. The van der Waals surface area contributed by atoms with E-state index in [2.05, 4.69) is 17.2 Å². The van der Waals surface area contributed by atoms with Crippen molar-refractivity contribution in [2.45, 2.75) is 30.9 Å². The van der Waals surface area contributed by atoms with Gasteiger partial charge < -0.3 is 29.5 Å². The zero-order chi connectivity index (χ0) is 31.1. The number of aliphatic hydroxyl groups is 1. The Morgan fingerprint density at radius 3 is 2.42 bits per heavy atom. The van der Waals surface area contributed by atoms with Crippen molar-refractivity contribution in [3.63, 3.8) is 0 Å². The number of carbonyl (C=O) groups is 1. The van der Waals surface area contributed by atoms with Crippen molar-refractivity contribution >= 4 is 21.7 Å². The highest BCUT2D eigenvalue weighted by Gasteiger charge is 2.38. The summed E-state index contributed by atoms with van der Waals surface area (Å²) in [6.07, 6.45) is -0.575. The molecule has 0 bridgehead atoms. The summed E-state index contributed by atoms with van der Waals surface area (Å²) in [5.74, 6) is 7.28.